The van der Waals surface area contributed by atoms with Crippen LogP contribution in [0.15, 0.2) is 24.5 Å². The summed E-state index contributed by atoms with van der Waals surface area (Å²) in [6.07, 6.45) is 2.33. The predicted molar refractivity (Wildman–Crippen MR) is 128 cm³/mol. The number of carbonyl (C=O) groups is 1. The van der Waals surface area contributed by atoms with E-state index in [9.17, 15) is 18.0 Å². The van der Waals surface area contributed by atoms with Gasteiger partial charge in [0.2, 0.25) is 0 Å². The van der Waals surface area contributed by atoms with Gasteiger partial charge >= 0.3 is 12.1 Å². The molecule has 10 heteroatoms. The predicted octanol–water partition coefficient (Wildman–Crippen LogP) is 4.23. The Kier molecular flexibility index (Phi) is 8.11. The van der Waals surface area contributed by atoms with Gasteiger partial charge in [0.1, 0.15) is 18.2 Å². The molecule has 1 unspecified atom stereocenters. The molecule has 1 aromatic carbocycles. The number of carbonyl (C=O) groups excluding carboxylic acids is 1. The summed E-state index contributed by atoms with van der Waals surface area (Å²) in [4.78, 5) is 22.1. The Morgan fingerprint density at radius 2 is 1.91 bits per heavy atom. The van der Waals surface area contributed by atoms with E-state index in [4.69, 9.17) is 4.74 Å². The molecule has 0 amide bonds. The maximum Gasteiger partial charge on any atom is 0.416 e. The van der Waals surface area contributed by atoms with Crippen molar-refractivity contribution in [2.75, 3.05) is 31.5 Å². The summed E-state index contributed by atoms with van der Waals surface area (Å²) in [5, 5.41) is 7.03. The summed E-state index contributed by atoms with van der Waals surface area (Å²) in [6.45, 7) is 6.81. The lowest BCUT2D eigenvalue weighted by Crippen LogP contribution is -2.62. The van der Waals surface area contributed by atoms with Crippen molar-refractivity contribution < 1.29 is 22.7 Å². The van der Waals surface area contributed by atoms with Gasteiger partial charge in [-0.25, -0.2) is 9.97 Å². The second kappa shape index (κ2) is 11.1. The van der Waals surface area contributed by atoms with E-state index < -0.39 is 11.7 Å². The number of halogens is 3. The number of anilines is 1. The molecule has 2 heterocycles. The van der Waals surface area contributed by atoms with Crippen LogP contribution in [-0.2, 0) is 15.7 Å². The number of rotatable bonds is 9. The molecule has 0 radical (unpaired) electrons. The van der Waals surface area contributed by atoms with Crippen LogP contribution in [0.5, 0.6) is 0 Å². The third-order valence-corrected chi connectivity index (χ3v) is 7.23. The fourth-order valence-electron chi connectivity index (χ4n) is 5.34. The molecule has 0 bridgehead atoms. The second-order valence-electron chi connectivity index (χ2n) is 9.61. The summed E-state index contributed by atoms with van der Waals surface area (Å²) in [6, 6.07) is 4.51. The lowest BCUT2D eigenvalue weighted by molar-refractivity contribution is -0.150. The standard InChI is InChI=1S/C25H34F3N5O2/c1-3-23(35-16(2)34)17-4-7-20(8-5-17)33-13-19(14-33)29-10-11-30-24-21-12-18(25(26,27)28)6-9-22(21)31-15-32-24/h6,9,12,15,17,19-20,23,29H,3-5,7-8,10-11,13-14H2,1-2H3,(H,30,31,32). The van der Waals surface area contributed by atoms with Crippen molar-refractivity contribution in [1.29, 1.82) is 0 Å². The molecular weight excluding hydrogens is 459 g/mol. The largest absolute Gasteiger partial charge is 0.462 e. The van der Waals surface area contributed by atoms with Crippen molar-refractivity contribution in [3.63, 3.8) is 0 Å². The number of likely N-dealkylation sites (tertiary alicyclic amines) is 1. The van der Waals surface area contributed by atoms with E-state index in [0.29, 0.717) is 47.8 Å². The molecular formula is C25H34F3N5O2. The number of nitrogens with zero attached hydrogens (tertiary/aromatic N) is 3. The van der Waals surface area contributed by atoms with Crippen molar-refractivity contribution in [3.8, 4) is 0 Å². The van der Waals surface area contributed by atoms with Gasteiger partial charge in [-0.1, -0.05) is 6.92 Å². The molecule has 2 aliphatic rings. The van der Waals surface area contributed by atoms with Crippen LogP contribution in [0.1, 0.15) is 51.5 Å². The number of ether oxygens (including phenoxy) is 1. The minimum atomic E-state index is -4.40. The van der Waals surface area contributed by atoms with Gasteiger partial charge < -0.3 is 15.4 Å². The molecule has 7 nitrogen and oxygen atoms in total. The van der Waals surface area contributed by atoms with Gasteiger partial charge in [-0.2, -0.15) is 13.2 Å². The third kappa shape index (κ3) is 6.41. The van der Waals surface area contributed by atoms with Crippen molar-refractivity contribution in [3.05, 3.63) is 30.1 Å². The van der Waals surface area contributed by atoms with Crippen LogP contribution in [0.3, 0.4) is 0 Å². The van der Waals surface area contributed by atoms with E-state index in [0.717, 1.165) is 57.3 Å². The van der Waals surface area contributed by atoms with Gasteiger partial charge in [-0.15, -0.1) is 0 Å². The number of hydrogen-bond donors (Lipinski definition) is 2. The zero-order valence-corrected chi connectivity index (χ0v) is 20.3. The molecule has 1 saturated carbocycles. The normalized spacial score (nSPS) is 22.5. The first-order chi connectivity index (χ1) is 16.7. The van der Waals surface area contributed by atoms with E-state index >= 15 is 0 Å². The summed E-state index contributed by atoms with van der Waals surface area (Å²) < 4.78 is 44.7. The first kappa shape index (κ1) is 25.6. The zero-order valence-electron chi connectivity index (χ0n) is 20.3. The fourth-order valence-corrected chi connectivity index (χ4v) is 5.34. The first-order valence-corrected chi connectivity index (χ1v) is 12.4. The van der Waals surface area contributed by atoms with Gasteiger partial charge in [0.05, 0.1) is 11.1 Å². The van der Waals surface area contributed by atoms with Crippen LogP contribution >= 0.6 is 0 Å². The Bertz CT molecular complexity index is 1000. The Labute approximate surface area is 203 Å². The van der Waals surface area contributed by atoms with Gasteiger partial charge in [0.25, 0.3) is 0 Å². The van der Waals surface area contributed by atoms with Crippen LogP contribution in [0.4, 0.5) is 19.0 Å². The van der Waals surface area contributed by atoms with Crippen LogP contribution in [-0.4, -0.2) is 65.2 Å². The Hall–Kier alpha value is -2.46. The highest BCUT2D eigenvalue weighted by atomic mass is 19.4. The summed E-state index contributed by atoms with van der Waals surface area (Å²) >= 11 is 0. The molecule has 1 aliphatic heterocycles. The lowest BCUT2D eigenvalue weighted by atomic mass is 9.80. The highest BCUT2D eigenvalue weighted by Crippen LogP contribution is 2.34. The monoisotopic (exact) mass is 493 g/mol. The van der Waals surface area contributed by atoms with Crippen molar-refractivity contribution in [2.45, 2.75) is 70.3 Å². The van der Waals surface area contributed by atoms with Crippen LogP contribution < -0.4 is 10.6 Å². The Morgan fingerprint density at radius 3 is 2.57 bits per heavy atom. The molecule has 0 spiro atoms. The second-order valence-corrected chi connectivity index (χ2v) is 9.61. The number of hydrogen-bond acceptors (Lipinski definition) is 7. The van der Waals surface area contributed by atoms with Crippen LogP contribution in [0.25, 0.3) is 10.9 Å². The number of nitrogens with one attached hydrogen (secondary N) is 2. The molecule has 1 saturated heterocycles. The number of benzene rings is 1. The molecule has 1 atom stereocenters. The van der Waals surface area contributed by atoms with Gasteiger partial charge in [-0.3, -0.25) is 9.69 Å². The van der Waals surface area contributed by atoms with Gasteiger partial charge in [0, 0.05) is 50.6 Å². The fraction of sp³-hybridized carbons (Fsp3) is 0.640. The van der Waals surface area contributed by atoms with Crippen molar-refractivity contribution in [1.82, 2.24) is 20.2 Å². The van der Waals surface area contributed by atoms with E-state index in [1.54, 1.807) is 0 Å². The first-order valence-electron chi connectivity index (χ1n) is 12.4. The molecule has 2 N–H and O–H groups in total. The van der Waals surface area contributed by atoms with E-state index in [1.165, 1.54) is 19.3 Å². The van der Waals surface area contributed by atoms with Gasteiger partial charge in [0.15, 0.2) is 0 Å². The number of alkyl halides is 3. The van der Waals surface area contributed by atoms with Crippen molar-refractivity contribution >= 4 is 22.7 Å². The van der Waals surface area contributed by atoms with E-state index in [-0.39, 0.29) is 12.1 Å². The Balaban J connectivity index is 1.18. The summed E-state index contributed by atoms with van der Waals surface area (Å²) in [5.41, 5.74) is -0.230. The highest BCUT2D eigenvalue weighted by molar-refractivity contribution is 5.89. The molecule has 35 heavy (non-hydrogen) atoms. The minimum absolute atomic E-state index is 0.0406. The molecule has 1 aromatic heterocycles. The number of esters is 1. The van der Waals surface area contributed by atoms with E-state index in [2.05, 4.69) is 32.4 Å². The van der Waals surface area contributed by atoms with Crippen molar-refractivity contribution in [2.24, 2.45) is 5.92 Å². The van der Waals surface area contributed by atoms with Crippen LogP contribution in [0.2, 0.25) is 0 Å². The molecule has 192 valence electrons. The third-order valence-electron chi connectivity index (χ3n) is 7.23. The number of fused-ring (bicyclic) bond motifs is 1. The van der Waals surface area contributed by atoms with Crippen LogP contribution in [0, 0.1) is 5.92 Å². The maximum absolute atomic E-state index is 13.1. The quantitative estimate of drug-likeness (QED) is 0.400. The highest BCUT2D eigenvalue weighted by Gasteiger charge is 2.36. The van der Waals surface area contributed by atoms with E-state index in [1.807, 2.05) is 0 Å². The smallest absolute Gasteiger partial charge is 0.416 e. The number of aromatic nitrogens is 2. The maximum atomic E-state index is 13.1. The average molecular weight is 494 g/mol. The lowest BCUT2D eigenvalue weighted by Gasteiger charge is -2.47. The zero-order chi connectivity index (χ0) is 25.0. The summed E-state index contributed by atoms with van der Waals surface area (Å²) in [7, 11) is 0. The minimum Gasteiger partial charge on any atom is -0.462 e. The molecule has 1 aliphatic carbocycles. The SMILES string of the molecule is CCC(OC(C)=O)C1CCC(N2CC(NCCNc3ncnc4ccc(C(F)(F)F)cc34)C2)CC1. The molecule has 2 aromatic rings. The van der Waals surface area contributed by atoms with Gasteiger partial charge in [-0.05, 0) is 56.2 Å². The topological polar surface area (TPSA) is 79.4 Å². The Morgan fingerprint density at radius 1 is 1.17 bits per heavy atom. The summed E-state index contributed by atoms with van der Waals surface area (Å²) in [5.74, 6) is 0.685. The molecule has 2 fully saturated rings. The molecule has 4 rings (SSSR count). The average Bonchev–Trinajstić information content (AvgIpc) is 2.80.